The quantitative estimate of drug-likeness (QED) is 0.122. The molecule has 248 valence electrons. The molecule has 0 amide bonds. The van der Waals surface area contributed by atoms with E-state index in [0.29, 0.717) is 6.54 Å². The number of aromatic nitrogens is 1. The molecule has 1 saturated carbocycles. The Morgan fingerprint density at radius 3 is 2.43 bits per heavy atom. The molecule has 3 aliphatic rings. The van der Waals surface area contributed by atoms with Gasteiger partial charge in [-0.3, -0.25) is 0 Å². The summed E-state index contributed by atoms with van der Waals surface area (Å²) in [5.74, 6) is 0. The zero-order chi connectivity index (χ0) is 33.5. The molecule has 1 aromatic heterocycles. The van der Waals surface area contributed by atoms with Gasteiger partial charge in [-0.2, -0.15) is 4.57 Å². The van der Waals surface area contributed by atoms with Crippen molar-refractivity contribution in [2.45, 2.75) is 119 Å². The monoisotopic (exact) mass is 624 g/mol. The maximum absolute atomic E-state index is 9.67. The van der Waals surface area contributed by atoms with E-state index in [0.717, 1.165) is 35.2 Å². The molecule has 2 heterocycles. The minimum atomic E-state index is -0.324. The highest BCUT2D eigenvalue weighted by molar-refractivity contribution is 5.57. The van der Waals surface area contributed by atoms with Gasteiger partial charge in [-0.05, 0) is 118 Å². The molecule has 2 atom stereocenters. The van der Waals surface area contributed by atoms with Crippen LogP contribution < -0.4 is 4.57 Å². The van der Waals surface area contributed by atoms with Crippen LogP contribution >= 0.6 is 0 Å². The van der Waals surface area contributed by atoms with Crippen molar-refractivity contribution >= 4 is 12.2 Å². The fourth-order valence-corrected chi connectivity index (χ4v) is 7.31. The number of rotatable bonds is 10. The molecule has 0 saturated heterocycles. The molecule has 1 aromatic rings. The number of allylic oxidation sites excluding steroid dienone is 11. The van der Waals surface area contributed by atoms with Gasteiger partial charge in [-0.15, -0.1) is 0 Å². The largest absolute Gasteiger partial charge is 0.390 e. The van der Waals surface area contributed by atoms with Gasteiger partial charge in [-0.1, -0.05) is 87.4 Å². The second-order valence-electron chi connectivity index (χ2n) is 15.1. The Hall–Kier alpha value is -3.05. The smallest absolute Gasteiger partial charge is 0.206 e. The van der Waals surface area contributed by atoms with Crippen LogP contribution in [0.5, 0.6) is 0 Å². The van der Waals surface area contributed by atoms with E-state index in [1.165, 1.54) is 48.0 Å². The maximum atomic E-state index is 9.67. The molecule has 1 aliphatic heterocycles. The van der Waals surface area contributed by atoms with E-state index < -0.39 is 0 Å². The number of nitrogens with zero attached hydrogens (tertiary/aromatic N) is 1. The lowest BCUT2D eigenvalue weighted by atomic mass is 9.65. The van der Waals surface area contributed by atoms with E-state index in [4.69, 9.17) is 9.78 Å². The number of pyridine rings is 1. The lowest BCUT2D eigenvalue weighted by Gasteiger charge is -2.47. The van der Waals surface area contributed by atoms with E-state index in [9.17, 15) is 5.11 Å². The van der Waals surface area contributed by atoms with Crippen molar-refractivity contribution < 1.29 is 19.4 Å². The van der Waals surface area contributed by atoms with E-state index in [-0.39, 0.29) is 29.1 Å². The summed E-state index contributed by atoms with van der Waals surface area (Å²) in [5, 5.41) is 9.67. The molecule has 0 bridgehead atoms. The van der Waals surface area contributed by atoms with Crippen molar-refractivity contribution in [3.05, 3.63) is 112 Å². The van der Waals surface area contributed by atoms with Crippen molar-refractivity contribution in [1.82, 2.24) is 0 Å². The van der Waals surface area contributed by atoms with Crippen molar-refractivity contribution in [3.8, 4) is 0 Å². The van der Waals surface area contributed by atoms with Gasteiger partial charge in [0.2, 0.25) is 5.69 Å². The normalized spacial score (nSPS) is 25.9. The summed E-state index contributed by atoms with van der Waals surface area (Å²) in [7, 11) is 0. The standard InChI is InChI=1S/C42H58NO3/c1-31(19-20-37-33(3)17-12-22-40(37,5)6)14-10-15-32(2)28-36-29-35(21-25-43(36)26-27-44)18-11-16-34(4)38-30-39-41(7,8)23-13-24-42(39,9)46-45-38/h10-11,14-16,18-21,25,28-30,38,44H,12-13,17,22-24,26-27H2,1-9H3/q+1/b15-10+,18-11+,20-19+,31-14+,32-28+,34-16+. The molecule has 46 heavy (non-hydrogen) atoms. The van der Waals surface area contributed by atoms with Crippen LogP contribution in [0.4, 0.5) is 0 Å². The highest BCUT2D eigenvalue weighted by atomic mass is 17.2. The van der Waals surface area contributed by atoms with Gasteiger partial charge >= 0.3 is 0 Å². The van der Waals surface area contributed by atoms with Crippen LogP contribution in [0, 0.1) is 10.8 Å². The second-order valence-corrected chi connectivity index (χ2v) is 15.1. The Kier molecular flexibility index (Phi) is 11.9. The SMILES string of the molecule is CC1=C(/C=C/C(C)=C/C=C/C(C)=C/c2cc(/C=C/C=C(\C)C3C=C4C(C)(C)CCCC4(C)OO3)cc[n+]2CCO)C(C)(C)CCC1. The van der Waals surface area contributed by atoms with Gasteiger partial charge in [-0.25, -0.2) is 9.78 Å². The Morgan fingerprint density at radius 1 is 0.935 bits per heavy atom. The summed E-state index contributed by atoms with van der Waals surface area (Å²) in [6.45, 7) is 20.8. The first-order chi connectivity index (χ1) is 21.7. The summed E-state index contributed by atoms with van der Waals surface area (Å²) >= 11 is 0. The van der Waals surface area contributed by atoms with Gasteiger partial charge in [0.05, 0.1) is 0 Å². The molecule has 0 aromatic carbocycles. The van der Waals surface area contributed by atoms with Crippen LogP contribution in [0.25, 0.3) is 12.2 Å². The Morgan fingerprint density at radius 2 is 1.70 bits per heavy atom. The van der Waals surface area contributed by atoms with Crippen LogP contribution in [0.15, 0.2) is 100 Å². The van der Waals surface area contributed by atoms with Crippen LogP contribution in [-0.4, -0.2) is 23.4 Å². The van der Waals surface area contributed by atoms with Crippen LogP contribution in [0.3, 0.4) is 0 Å². The first kappa shape index (κ1) is 35.8. The third-order valence-electron chi connectivity index (χ3n) is 10.1. The van der Waals surface area contributed by atoms with Crippen molar-refractivity contribution in [2.75, 3.05) is 6.61 Å². The molecule has 0 radical (unpaired) electrons. The zero-order valence-electron chi connectivity index (χ0n) is 30.0. The van der Waals surface area contributed by atoms with E-state index in [1.54, 1.807) is 0 Å². The molecule has 2 aliphatic carbocycles. The molecule has 4 nitrogen and oxygen atoms in total. The molecule has 1 fully saturated rings. The molecular weight excluding hydrogens is 566 g/mol. The Balaban J connectivity index is 1.46. The molecule has 0 spiro atoms. The number of aliphatic hydroxyl groups excluding tert-OH is 1. The molecule has 4 heteroatoms. The van der Waals surface area contributed by atoms with Gasteiger partial charge in [0.15, 0.2) is 12.7 Å². The topological polar surface area (TPSA) is 42.6 Å². The van der Waals surface area contributed by atoms with E-state index in [2.05, 4.69) is 140 Å². The Labute approximate surface area is 279 Å². The minimum absolute atomic E-state index is 0.0906. The number of aliphatic hydroxyl groups is 1. The van der Waals surface area contributed by atoms with Gasteiger partial charge < -0.3 is 5.11 Å². The average molecular weight is 625 g/mol. The van der Waals surface area contributed by atoms with Gasteiger partial charge in [0.25, 0.3) is 0 Å². The molecule has 2 unspecified atom stereocenters. The summed E-state index contributed by atoms with van der Waals surface area (Å²) in [5.41, 5.74) is 10.0. The summed E-state index contributed by atoms with van der Waals surface area (Å²) in [4.78, 5) is 11.9. The number of hydrogen-bond donors (Lipinski definition) is 1. The predicted molar refractivity (Wildman–Crippen MR) is 193 cm³/mol. The number of hydrogen-bond acceptors (Lipinski definition) is 3. The van der Waals surface area contributed by atoms with Gasteiger partial charge in [0, 0.05) is 18.2 Å². The first-order valence-electron chi connectivity index (χ1n) is 17.2. The molecular formula is C42H58NO3+. The van der Waals surface area contributed by atoms with Gasteiger partial charge in [0.1, 0.15) is 18.3 Å². The third kappa shape index (κ3) is 9.06. The zero-order valence-corrected chi connectivity index (χ0v) is 30.0. The van der Waals surface area contributed by atoms with Crippen molar-refractivity contribution in [2.24, 2.45) is 10.8 Å². The summed E-state index contributed by atoms with van der Waals surface area (Å²) in [6.07, 6.45) is 30.7. The highest BCUT2D eigenvalue weighted by Crippen LogP contribution is 2.50. The minimum Gasteiger partial charge on any atom is -0.390 e. The lowest BCUT2D eigenvalue weighted by molar-refractivity contribution is -0.699. The first-order valence-corrected chi connectivity index (χ1v) is 17.2. The lowest BCUT2D eigenvalue weighted by Crippen LogP contribution is -2.46. The van der Waals surface area contributed by atoms with Crippen LogP contribution in [-0.2, 0) is 16.3 Å². The predicted octanol–water partition coefficient (Wildman–Crippen LogP) is 10.1. The van der Waals surface area contributed by atoms with E-state index >= 15 is 0 Å². The highest BCUT2D eigenvalue weighted by Gasteiger charge is 2.46. The Bertz CT molecular complexity index is 1510. The third-order valence-corrected chi connectivity index (χ3v) is 10.1. The summed E-state index contributed by atoms with van der Waals surface area (Å²) < 4.78 is 2.09. The molecule has 4 rings (SSSR count). The fraction of sp³-hybridized carbons (Fsp3) is 0.500. The van der Waals surface area contributed by atoms with Crippen LogP contribution in [0.2, 0.25) is 0 Å². The summed E-state index contributed by atoms with van der Waals surface area (Å²) in [6, 6.07) is 4.25. The number of fused-ring (bicyclic) bond motifs is 1. The average Bonchev–Trinajstić information content (AvgIpc) is 2.97. The van der Waals surface area contributed by atoms with Crippen molar-refractivity contribution in [1.29, 1.82) is 0 Å². The molecule has 1 N–H and O–H groups in total. The fourth-order valence-electron chi connectivity index (χ4n) is 7.31. The second kappa shape index (κ2) is 15.2. The van der Waals surface area contributed by atoms with Crippen LogP contribution in [0.1, 0.15) is 112 Å². The maximum Gasteiger partial charge on any atom is 0.206 e. The van der Waals surface area contributed by atoms with E-state index in [1.807, 2.05) is 6.20 Å². The van der Waals surface area contributed by atoms with Crippen molar-refractivity contribution in [3.63, 3.8) is 0 Å².